The van der Waals surface area contributed by atoms with Crippen molar-refractivity contribution in [1.82, 2.24) is 4.90 Å². The van der Waals surface area contributed by atoms with E-state index >= 15 is 0 Å². The number of likely N-dealkylation sites (N-methyl/N-ethyl adjacent to an activating group) is 1. The molecule has 0 aliphatic heterocycles. The maximum absolute atomic E-state index is 13.0. The molecule has 1 aliphatic rings. The molecule has 0 amide bonds. The molecule has 0 unspecified atom stereocenters. The van der Waals surface area contributed by atoms with Crippen LogP contribution in [0.4, 0.5) is 0 Å². The van der Waals surface area contributed by atoms with Crippen LogP contribution in [0.5, 0.6) is 0 Å². The number of allylic oxidation sites excluding steroid dienone is 1. The minimum atomic E-state index is -0.629. The third-order valence-corrected chi connectivity index (χ3v) is 4.66. The Balaban J connectivity index is 2.59. The number of benzene rings is 1. The molecule has 0 saturated carbocycles. The first kappa shape index (κ1) is 16.8. The van der Waals surface area contributed by atoms with E-state index in [0.717, 1.165) is 18.4 Å². The van der Waals surface area contributed by atoms with Crippen LogP contribution in [-0.4, -0.2) is 37.6 Å². The third-order valence-electron chi connectivity index (χ3n) is 4.66. The molecule has 3 atom stereocenters. The Bertz CT molecular complexity index is 523. The van der Waals surface area contributed by atoms with E-state index in [1.54, 1.807) is 0 Å². The third kappa shape index (κ3) is 2.95. The van der Waals surface area contributed by atoms with Crippen LogP contribution in [-0.2, 0) is 14.9 Å². The molecule has 1 aliphatic carbocycles. The second-order valence-corrected chi connectivity index (χ2v) is 6.22. The van der Waals surface area contributed by atoms with Gasteiger partial charge >= 0.3 is 5.97 Å². The number of hydrogen-bond acceptors (Lipinski definition) is 3. The molecule has 0 fully saturated rings. The number of ether oxygens (including phenoxy) is 1. The number of carbonyl (C=O) groups excluding carboxylic acids is 1. The Morgan fingerprint density at radius 3 is 2.45 bits per heavy atom. The predicted molar refractivity (Wildman–Crippen MR) is 89.8 cm³/mol. The quantitative estimate of drug-likeness (QED) is 0.616. The number of esters is 1. The van der Waals surface area contributed by atoms with Crippen molar-refractivity contribution < 1.29 is 9.53 Å². The molecular formula is C19H27NO2. The van der Waals surface area contributed by atoms with Crippen LogP contribution in [0.2, 0.25) is 0 Å². The van der Waals surface area contributed by atoms with Gasteiger partial charge in [-0.15, -0.1) is 0 Å². The van der Waals surface area contributed by atoms with Crippen molar-refractivity contribution in [2.75, 3.05) is 20.7 Å². The van der Waals surface area contributed by atoms with E-state index in [-0.39, 0.29) is 12.0 Å². The van der Waals surface area contributed by atoms with E-state index in [1.165, 1.54) is 0 Å². The van der Waals surface area contributed by atoms with Gasteiger partial charge in [0.2, 0.25) is 0 Å². The van der Waals surface area contributed by atoms with Crippen LogP contribution >= 0.6 is 0 Å². The zero-order valence-corrected chi connectivity index (χ0v) is 14.1. The Morgan fingerprint density at radius 1 is 1.23 bits per heavy atom. The number of rotatable bonds is 5. The first-order valence-electron chi connectivity index (χ1n) is 8.13. The van der Waals surface area contributed by atoms with Crippen molar-refractivity contribution in [1.29, 1.82) is 0 Å². The van der Waals surface area contributed by atoms with Crippen LogP contribution < -0.4 is 0 Å². The molecule has 0 aromatic heterocycles. The molecule has 1 aromatic rings. The summed E-state index contributed by atoms with van der Waals surface area (Å²) in [7, 11) is 4.05. The highest BCUT2D eigenvalue weighted by atomic mass is 16.5. The Hall–Kier alpha value is -1.61. The summed E-state index contributed by atoms with van der Waals surface area (Å²) in [6.45, 7) is 4.46. The lowest BCUT2D eigenvalue weighted by atomic mass is 9.64. The van der Waals surface area contributed by atoms with Crippen LogP contribution in [0, 0.1) is 5.92 Å². The smallest absolute Gasteiger partial charge is 0.318 e. The summed E-state index contributed by atoms with van der Waals surface area (Å²) in [5, 5.41) is 0. The van der Waals surface area contributed by atoms with E-state index in [0.29, 0.717) is 12.5 Å². The zero-order valence-electron chi connectivity index (χ0n) is 14.1. The average Bonchev–Trinajstić information content (AvgIpc) is 2.54. The van der Waals surface area contributed by atoms with Gasteiger partial charge in [0.25, 0.3) is 0 Å². The van der Waals surface area contributed by atoms with Crippen molar-refractivity contribution in [2.45, 2.75) is 38.1 Å². The molecular weight excluding hydrogens is 274 g/mol. The molecule has 0 radical (unpaired) electrons. The van der Waals surface area contributed by atoms with E-state index in [9.17, 15) is 4.79 Å². The lowest BCUT2D eigenvalue weighted by molar-refractivity contribution is -0.153. The molecule has 0 spiro atoms. The highest BCUT2D eigenvalue weighted by Gasteiger charge is 2.50. The van der Waals surface area contributed by atoms with E-state index in [1.807, 2.05) is 39.2 Å². The highest BCUT2D eigenvalue weighted by Crippen LogP contribution is 2.42. The largest absolute Gasteiger partial charge is 0.465 e. The fourth-order valence-corrected chi connectivity index (χ4v) is 3.53. The monoisotopic (exact) mass is 301 g/mol. The van der Waals surface area contributed by atoms with Gasteiger partial charge in [0.1, 0.15) is 5.41 Å². The SMILES string of the molecule is CCOC(=O)[C@]1(c2ccccc2)C[C@H](CC)C=C[C@H]1N(C)C. The lowest BCUT2D eigenvalue weighted by Crippen LogP contribution is -2.55. The Kier molecular flexibility index (Phi) is 5.41. The summed E-state index contributed by atoms with van der Waals surface area (Å²) < 4.78 is 5.51. The molecule has 0 heterocycles. The topological polar surface area (TPSA) is 29.5 Å². The average molecular weight is 301 g/mol. The summed E-state index contributed by atoms with van der Waals surface area (Å²) in [4.78, 5) is 15.1. The van der Waals surface area contributed by atoms with Crippen molar-refractivity contribution in [3.63, 3.8) is 0 Å². The second kappa shape index (κ2) is 7.10. The number of nitrogens with zero attached hydrogens (tertiary/aromatic N) is 1. The summed E-state index contributed by atoms with van der Waals surface area (Å²) in [5.41, 5.74) is 0.422. The van der Waals surface area contributed by atoms with Crippen molar-refractivity contribution in [2.24, 2.45) is 5.92 Å². The Morgan fingerprint density at radius 2 is 1.91 bits per heavy atom. The maximum atomic E-state index is 13.0. The first-order chi connectivity index (χ1) is 10.6. The van der Waals surface area contributed by atoms with Crippen molar-refractivity contribution in [3.05, 3.63) is 48.0 Å². The number of carbonyl (C=O) groups is 1. The minimum Gasteiger partial charge on any atom is -0.465 e. The number of hydrogen-bond donors (Lipinski definition) is 0. The van der Waals surface area contributed by atoms with Gasteiger partial charge in [0, 0.05) is 6.04 Å². The standard InChI is InChI=1S/C19H27NO2/c1-5-15-12-13-17(20(3)4)19(14-15,18(21)22-6-2)16-10-8-7-9-11-16/h7-13,15,17H,5-6,14H2,1-4H3/t15-,17-,19+/m1/s1. The van der Waals surface area contributed by atoms with Gasteiger partial charge in [-0.1, -0.05) is 49.4 Å². The molecule has 120 valence electrons. The maximum Gasteiger partial charge on any atom is 0.318 e. The van der Waals surface area contributed by atoms with Gasteiger partial charge in [-0.25, -0.2) is 0 Å². The van der Waals surface area contributed by atoms with Crippen molar-refractivity contribution >= 4 is 5.97 Å². The van der Waals surface area contributed by atoms with Crippen LogP contribution in [0.15, 0.2) is 42.5 Å². The molecule has 22 heavy (non-hydrogen) atoms. The summed E-state index contributed by atoms with van der Waals surface area (Å²) in [5.74, 6) is 0.295. The van der Waals surface area contributed by atoms with Gasteiger partial charge in [-0.2, -0.15) is 0 Å². The van der Waals surface area contributed by atoms with Crippen molar-refractivity contribution in [3.8, 4) is 0 Å². The summed E-state index contributed by atoms with van der Waals surface area (Å²) >= 11 is 0. The Labute approximate surface area is 134 Å². The van der Waals surface area contributed by atoms with Crippen LogP contribution in [0.3, 0.4) is 0 Å². The summed E-state index contributed by atoms with van der Waals surface area (Å²) in [6.07, 6.45) is 6.27. The van der Waals surface area contributed by atoms with E-state index < -0.39 is 5.41 Å². The summed E-state index contributed by atoms with van der Waals surface area (Å²) in [6, 6.07) is 10.1. The highest BCUT2D eigenvalue weighted by molar-refractivity contribution is 5.85. The second-order valence-electron chi connectivity index (χ2n) is 6.22. The van der Waals surface area contributed by atoms with Gasteiger partial charge in [0.05, 0.1) is 6.61 Å². The molecule has 0 N–H and O–H groups in total. The predicted octanol–water partition coefficient (Wildman–Crippen LogP) is 3.40. The molecule has 3 heteroatoms. The first-order valence-corrected chi connectivity index (χ1v) is 8.13. The van der Waals surface area contributed by atoms with Gasteiger partial charge < -0.3 is 9.64 Å². The van der Waals surface area contributed by atoms with Gasteiger partial charge in [-0.3, -0.25) is 4.79 Å². The fraction of sp³-hybridized carbons (Fsp3) is 0.526. The molecule has 2 rings (SSSR count). The van der Waals surface area contributed by atoms with E-state index in [4.69, 9.17) is 4.74 Å². The minimum absolute atomic E-state index is 0.0109. The molecule has 0 bridgehead atoms. The van der Waals surface area contributed by atoms with Crippen LogP contribution in [0.1, 0.15) is 32.3 Å². The van der Waals surface area contributed by atoms with E-state index in [2.05, 4.69) is 36.1 Å². The molecule has 1 aromatic carbocycles. The van der Waals surface area contributed by atoms with Crippen LogP contribution in [0.25, 0.3) is 0 Å². The van der Waals surface area contributed by atoms with Gasteiger partial charge in [-0.05, 0) is 45.3 Å². The lowest BCUT2D eigenvalue weighted by Gasteiger charge is -2.45. The fourth-order valence-electron chi connectivity index (χ4n) is 3.53. The molecule has 0 saturated heterocycles. The zero-order chi connectivity index (χ0) is 16.2. The molecule has 3 nitrogen and oxygen atoms in total. The normalized spacial score (nSPS) is 27.9. The van der Waals surface area contributed by atoms with Gasteiger partial charge in [0.15, 0.2) is 0 Å².